The fourth-order valence-electron chi connectivity index (χ4n) is 3.16. The third-order valence-electron chi connectivity index (χ3n) is 4.60. The van der Waals surface area contributed by atoms with Crippen LogP contribution in [0.2, 0.25) is 0 Å². The molecule has 0 fully saturated rings. The van der Waals surface area contributed by atoms with Gasteiger partial charge in [0.05, 0.1) is 11.9 Å². The number of hydrogen-bond donors (Lipinski definition) is 1. The number of carbonyl (C=O) groups excluding carboxylic acids is 1. The number of amides is 1. The molecule has 0 radical (unpaired) electrons. The number of benzene rings is 2. The van der Waals surface area contributed by atoms with Gasteiger partial charge in [-0.25, -0.2) is 14.2 Å². The van der Waals surface area contributed by atoms with E-state index in [2.05, 4.69) is 10.3 Å². The van der Waals surface area contributed by atoms with Crippen LogP contribution in [0.5, 0.6) is 5.75 Å². The minimum atomic E-state index is -0.434. The number of anilines is 1. The Balaban J connectivity index is 1.61. The Bertz CT molecular complexity index is 1240. The number of para-hydroxylation sites is 2. The summed E-state index contributed by atoms with van der Waals surface area (Å²) in [7, 11) is 1.64. The second-order valence-electron chi connectivity index (χ2n) is 6.73. The van der Waals surface area contributed by atoms with Crippen molar-refractivity contribution in [3.05, 3.63) is 94.3 Å². The van der Waals surface area contributed by atoms with Gasteiger partial charge in [-0.15, -0.1) is 0 Å². The van der Waals surface area contributed by atoms with Crippen molar-refractivity contribution in [1.82, 2.24) is 14.0 Å². The molecule has 0 bridgehead atoms. The molecule has 146 valence electrons. The largest absolute Gasteiger partial charge is 0.487 e. The predicted molar refractivity (Wildman–Crippen MR) is 110 cm³/mol. The molecule has 0 spiro atoms. The molecule has 4 aromatic rings. The van der Waals surface area contributed by atoms with Crippen molar-refractivity contribution in [3.8, 4) is 5.75 Å². The van der Waals surface area contributed by atoms with Crippen molar-refractivity contribution in [1.29, 1.82) is 0 Å². The highest BCUT2D eigenvalue weighted by Crippen LogP contribution is 2.25. The number of nitrogens with one attached hydrogen (secondary N) is 1. The summed E-state index contributed by atoms with van der Waals surface area (Å²) in [5, 5.41) is 2.83. The maximum Gasteiger partial charge on any atom is 0.334 e. The van der Waals surface area contributed by atoms with Gasteiger partial charge >= 0.3 is 5.69 Å². The number of imidazole rings is 1. The van der Waals surface area contributed by atoms with E-state index in [0.717, 1.165) is 11.1 Å². The van der Waals surface area contributed by atoms with Crippen LogP contribution in [-0.2, 0) is 13.7 Å². The van der Waals surface area contributed by atoms with Crippen LogP contribution in [0.3, 0.4) is 0 Å². The Morgan fingerprint density at radius 2 is 1.83 bits per heavy atom. The molecular weight excluding hydrogens is 368 g/mol. The predicted octanol–water partition coefficient (Wildman–Crippen LogP) is 3.17. The Morgan fingerprint density at radius 3 is 2.62 bits per heavy atom. The van der Waals surface area contributed by atoms with E-state index in [4.69, 9.17) is 4.74 Å². The number of fused-ring (bicyclic) bond motifs is 1. The number of aromatic nitrogens is 3. The number of carbonyl (C=O) groups is 1. The van der Waals surface area contributed by atoms with Crippen molar-refractivity contribution >= 4 is 17.2 Å². The number of rotatable bonds is 5. The number of hydrogen-bond acceptors (Lipinski definition) is 4. The van der Waals surface area contributed by atoms with Gasteiger partial charge in [-0.3, -0.25) is 4.79 Å². The Morgan fingerprint density at radius 1 is 1.10 bits per heavy atom. The molecule has 0 saturated carbocycles. The molecular formula is C22H20N4O3. The highest BCUT2D eigenvalue weighted by molar-refractivity contribution is 6.04. The SMILES string of the molecule is Cc1cn(C)c(=O)n2c(C(=O)Nc3ccccc3OCc3ccccc3)cnc12. The zero-order valence-electron chi connectivity index (χ0n) is 16.1. The maximum absolute atomic E-state index is 12.9. The van der Waals surface area contributed by atoms with E-state index >= 15 is 0 Å². The fraction of sp³-hybridized carbons (Fsp3) is 0.136. The first-order valence-corrected chi connectivity index (χ1v) is 9.15. The maximum atomic E-state index is 12.9. The van der Waals surface area contributed by atoms with Crippen molar-refractivity contribution in [3.63, 3.8) is 0 Å². The van der Waals surface area contributed by atoms with Crippen molar-refractivity contribution in [2.45, 2.75) is 13.5 Å². The van der Waals surface area contributed by atoms with Gasteiger partial charge in [-0.05, 0) is 24.6 Å². The second-order valence-corrected chi connectivity index (χ2v) is 6.73. The normalized spacial score (nSPS) is 10.8. The molecule has 2 aromatic carbocycles. The number of ether oxygens (including phenoxy) is 1. The second kappa shape index (κ2) is 7.63. The molecule has 4 rings (SSSR count). The van der Waals surface area contributed by atoms with Gasteiger partial charge in [0.15, 0.2) is 0 Å². The van der Waals surface area contributed by atoms with E-state index in [1.54, 1.807) is 25.4 Å². The summed E-state index contributed by atoms with van der Waals surface area (Å²) in [6.45, 7) is 2.22. The topological polar surface area (TPSA) is 77.6 Å². The molecule has 0 aliphatic heterocycles. The summed E-state index contributed by atoms with van der Waals surface area (Å²) in [6, 6.07) is 17.0. The van der Waals surface area contributed by atoms with E-state index in [0.29, 0.717) is 23.7 Å². The molecule has 2 aromatic heterocycles. The molecule has 0 unspecified atom stereocenters. The summed E-state index contributed by atoms with van der Waals surface area (Å²) in [4.78, 5) is 29.7. The summed E-state index contributed by atoms with van der Waals surface area (Å²) < 4.78 is 8.63. The van der Waals surface area contributed by atoms with Gasteiger partial charge in [0.2, 0.25) is 0 Å². The van der Waals surface area contributed by atoms with Crippen LogP contribution in [0.1, 0.15) is 21.6 Å². The number of aryl methyl sites for hydroxylation is 2. The number of nitrogens with zero attached hydrogens (tertiary/aromatic N) is 3. The molecule has 0 aliphatic rings. The third-order valence-corrected chi connectivity index (χ3v) is 4.60. The minimum Gasteiger partial charge on any atom is -0.487 e. The molecule has 1 amide bonds. The lowest BCUT2D eigenvalue weighted by Crippen LogP contribution is -2.28. The Hall–Kier alpha value is -3.87. The van der Waals surface area contributed by atoms with Crippen molar-refractivity contribution in [2.24, 2.45) is 7.05 Å². The molecule has 0 aliphatic carbocycles. The summed E-state index contributed by atoms with van der Waals surface area (Å²) in [5.41, 5.74) is 2.65. The van der Waals surface area contributed by atoms with E-state index in [1.807, 2.05) is 49.4 Å². The van der Waals surface area contributed by atoms with Crippen molar-refractivity contribution in [2.75, 3.05) is 5.32 Å². The highest BCUT2D eigenvalue weighted by Gasteiger charge is 2.18. The van der Waals surface area contributed by atoms with Crippen LogP contribution in [0.25, 0.3) is 5.65 Å². The molecule has 7 nitrogen and oxygen atoms in total. The molecule has 2 heterocycles. The standard InChI is InChI=1S/C22H20N4O3/c1-15-13-25(2)22(28)26-18(12-23-20(15)26)21(27)24-17-10-6-7-11-19(17)29-14-16-8-4-3-5-9-16/h3-13H,14H2,1-2H3,(H,24,27). The average molecular weight is 388 g/mol. The van der Waals surface area contributed by atoms with Crippen LogP contribution >= 0.6 is 0 Å². The third kappa shape index (κ3) is 3.62. The van der Waals surface area contributed by atoms with Gasteiger partial charge in [0.25, 0.3) is 5.91 Å². The lowest BCUT2D eigenvalue weighted by Gasteiger charge is -2.12. The lowest BCUT2D eigenvalue weighted by atomic mass is 10.2. The lowest BCUT2D eigenvalue weighted by molar-refractivity contribution is 0.102. The van der Waals surface area contributed by atoms with E-state index in [-0.39, 0.29) is 11.4 Å². The highest BCUT2D eigenvalue weighted by atomic mass is 16.5. The molecule has 0 atom stereocenters. The van der Waals surface area contributed by atoms with Crippen LogP contribution in [0.4, 0.5) is 5.69 Å². The van der Waals surface area contributed by atoms with Gasteiger partial charge in [-0.2, -0.15) is 0 Å². The van der Waals surface area contributed by atoms with E-state index in [9.17, 15) is 9.59 Å². The van der Waals surface area contributed by atoms with Gasteiger partial charge in [0, 0.05) is 18.8 Å². The summed E-state index contributed by atoms with van der Waals surface area (Å²) >= 11 is 0. The first-order chi connectivity index (χ1) is 14.0. The zero-order chi connectivity index (χ0) is 20.4. The van der Waals surface area contributed by atoms with Crippen LogP contribution < -0.4 is 15.7 Å². The molecule has 7 heteroatoms. The van der Waals surface area contributed by atoms with E-state index in [1.165, 1.54) is 15.2 Å². The van der Waals surface area contributed by atoms with Gasteiger partial charge in [0.1, 0.15) is 23.7 Å². The van der Waals surface area contributed by atoms with Gasteiger partial charge in [-0.1, -0.05) is 42.5 Å². The van der Waals surface area contributed by atoms with E-state index < -0.39 is 5.91 Å². The van der Waals surface area contributed by atoms with Crippen LogP contribution in [0.15, 0.2) is 71.8 Å². The fourth-order valence-corrected chi connectivity index (χ4v) is 3.16. The minimum absolute atomic E-state index is 0.169. The van der Waals surface area contributed by atoms with Gasteiger partial charge < -0.3 is 14.6 Å². The smallest absolute Gasteiger partial charge is 0.334 e. The molecule has 0 saturated heterocycles. The quantitative estimate of drug-likeness (QED) is 0.570. The summed E-state index contributed by atoms with van der Waals surface area (Å²) in [5.74, 6) is 0.110. The van der Waals surface area contributed by atoms with Crippen LogP contribution in [0, 0.1) is 6.92 Å². The average Bonchev–Trinajstić information content (AvgIpc) is 3.18. The first-order valence-electron chi connectivity index (χ1n) is 9.15. The van der Waals surface area contributed by atoms with Crippen molar-refractivity contribution < 1.29 is 9.53 Å². The summed E-state index contributed by atoms with van der Waals surface area (Å²) in [6.07, 6.45) is 3.10. The Labute approximate surface area is 167 Å². The molecule has 1 N–H and O–H groups in total. The molecule has 29 heavy (non-hydrogen) atoms. The Kier molecular flexibility index (Phi) is 4.87. The monoisotopic (exact) mass is 388 g/mol. The first kappa shape index (κ1) is 18.5. The zero-order valence-corrected chi connectivity index (χ0v) is 16.1. The van der Waals surface area contributed by atoms with Crippen LogP contribution in [-0.4, -0.2) is 19.9 Å².